The highest BCUT2D eigenvalue weighted by molar-refractivity contribution is 5.75. The maximum absolute atomic E-state index is 13.4. The average Bonchev–Trinajstić information content (AvgIpc) is 0.924. The van der Waals surface area contributed by atoms with Crippen LogP contribution in [0.25, 0.3) is 0 Å². The van der Waals surface area contributed by atoms with Crippen LogP contribution in [0.3, 0.4) is 0 Å². The molecule has 0 saturated heterocycles. The lowest BCUT2D eigenvalue weighted by molar-refractivity contribution is -0.125. The first-order chi connectivity index (χ1) is 52.4. The molecule has 115 heavy (non-hydrogen) atoms. The van der Waals surface area contributed by atoms with Crippen LogP contribution >= 0.6 is 0 Å². The Morgan fingerprint density at radius 2 is 0.583 bits per heavy atom. The molecule has 0 bridgehead atoms. The molecule has 0 fully saturated rings. The summed E-state index contributed by atoms with van der Waals surface area (Å²) in [6.45, 7) is 56.1. The smallest absolute Gasteiger partial charge is 0.287 e. The van der Waals surface area contributed by atoms with Gasteiger partial charge in [0.1, 0.15) is 57.7 Å². The summed E-state index contributed by atoms with van der Waals surface area (Å²) in [5, 5.41) is 23.4. The van der Waals surface area contributed by atoms with Crippen LogP contribution in [-0.4, -0.2) is 270 Å². The van der Waals surface area contributed by atoms with Gasteiger partial charge in [-0.05, 0) is 197 Å². The van der Waals surface area contributed by atoms with Gasteiger partial charge in [-0.2, -0.15) is 0 Å². The molecule has 0 saturated carbocycles. The molecule has 8 N–H and O–H groups in total. The second-order valence-corrected chi connectivity index (χ2v) is 35.7. The highest BCUT2D eigenvalue weighted by Gasteiger charge is 2.33. The molecule has 0 aliphatic heterocycles. The number of carbonyl (C=O) groups is 1. The Balaban J connectivity index is -0.000000237. The van der Waals surface area contributed by atoms with Crippen molar-refractivity contribution >= 4 is 5.91 Å². The first-order valence-electron chi connectivity index (χ1n) is 41.6. The fraction of sp³-hybridized carbons (Fsp3) is 0.988. The Morgan fingerprint density at radius 1 is 0.287 bits per heavy atom. The van der Waals surface area contributed by atoms with Gasteiger partial charge in [0.25, 0.3) is 29.6 Å². The summed E-state index contributed by atoms with van der Waals surface area (Å²) < 4.78 is 228. The van der Waals surface area contributed by atoms with Gasteiger partial charge in [-0.25, -0.2) is 61.5 Å². The zero-order chi connectivity index (χ0) is 90.8. The molecule has 0 spiro atoms. The summed E-state index contributed by atoms with van der Waals surface area (Å²) in [4.78, 5) is 10.9. The second-order valence-electron chi connectivity index (χ2n) is 35.7. The summed E-state index contributed by atoms with van der Waals surface area (Å²) in [6, 6.07) is 0. The lowest BCUT2D eigenvalue weighted by Gasteiger charge is -2.25. The molecule has 702 valence electrons. The molecule has 18 nitrogen and oxygen atoms in total. The average molecular weight is 1710 g/mol. The lowest BCUT2D eigenvalue weighted by atomic mass is 10.1. The Labute approximate surface area is 690 Å². The second kappa shape index (κ2) is 70.3. The predicted octanol–water partition coefficient (Wildman–Crippen LogP) is 18.2. The summed E-state index contributed by atoms with van der Waals surface area (Å²) in [6.07, 6.45) is 2.18. The van der Waals surface area contributed by atoms with E-state index in [2.05, 4.69) is 107 Å². The Bertz CT molecular complexity index is 2140. The van der Waals surface area contributed by atoms with Crippen molar-refractivity contribution in [1.82, 2.24) is 42.5 Å². The Kier molecular flexibility index (Phi) is 77.0. The minimum absolute atomic E-state index is 0.0201. The molecule has 0 aliphatic carbocycles. The minimum atomic E-state index is -3.19. The van der Waals surface area contributed by atoms with Crippen molar-refractivity contribution in [2.75, 3.05) is 171 Å². The van der Waals surface area contributed by atoms with Crippen LogP contribution in [0.2, 0.25) is 0 Å². The van der Waals surface area contributed by atoms with Crippen molar-refractivity contribution < 1.29 is 109 Å². The topological polar surface area (TPSA) is 196 Å². The van der Waals surface area contributed by atoms with E-state index in [9.17, 15) is 66.3 Å². The maximum Gasteiger partial charge on any atom is 0.287 e. The fourth-order valence-electron chi connectivity index (χ4n) is 7.48. The largest absolute Gasteiger partial charge is 0.379 e. The molecule has 0 aliphatic rings. The summed E-state index contributed by atoms with van der Waals surface area (Å²) in [5.41, 5.74) is -0.732. The SMILES string of the molecule is CCC(=O)NCC(F)(F)COCC(F)CNC(C)(C)C.CCC(F)(F)COCC(F)CNC(C)(C)C.CCC(F)(F)COCCCNC(C)(C)C.CCCCOCC(F)(F)CNC(C)(C)C.CCCCOCC(F)CNC(C)(C)C.CCCOCCOCC(F)(F)CCNC(C)(C)C.CCCOCCOCC(F)CCNC(C)(C)C. The van der Waals surface area contributed by atoms with Gasteiger partial charge < -0.3 is 85.2 Å². The van der Waals surface area contributed by atoms with Gasteiger partial charge in [0.2, 0.25) is 5.91 Å². The molecule has 32 heteroatoms. The molecule has 4 atom stereocenters. The standard InChI is InChI=1S/C13H25F3N2O2.C13H27F2NO2.C13H28FNO2.C11H22F3NO.2C11H23F2NO.C11H24FNO/c1-5-11(19)17-8-13(15,16)9-20-7-10(14)6-18-12(2,3)4;1-5-8-17-9-10-18-11-13(14,15)6-7-16-12(2,3)4;1-5-8-16-9-10-17-11-12(14)6-7-15-13(2,3)4;1-5-11(13,14)8-16-7-9(12)6-15-10(2,3)4;1-5-11(12,13)9-15-8-6-7-14-10(2,3)4;1-5-6-7-15-9-11(12,13)8-14-10(2,3)4;1-5-6-7-14-9-10(12)8-13-11(2,3)4/h10,18H,5-9H2,1-4H3,(H,17,19);16H,5-11H2,1-4H3;12,15H,5-11H2,1-4H3;9,15H,5-8H2,1-4H3;2*14H,5-9H2,1-4H3;10,13H,5-9H2,1-4H3. The highest BCUT2D eigenvalue weighted by atomic mass is 19.3. The number of hydrogen-bond acceptors (Lipinski definition) is 17. The van der Waals surface area contributed by atoms with E-state index in [1.54, 1.807) is 6.92 Å². The van der Waals surface area contributed by atoms with E-state index in [1.165, 1.54) is 13.8 Å². The van der Waals surface area contributed by atoms with Crippen LogP contribution in [0, 0.1) is 0 Å². The number of carbonyl (C=O) groups excluding carboxylic acids is 1. The first-order valence-corrected chi connectivity index (χ1v) is 41.6. The number of ether oxygens (including phenoxy) is 9. The number of nitrogens with one attached hydrogen (secondary N) is 8. The molecule has 0 heterocycles. The summed E-state index contributed by atoms with van der Waals surface area (Å²) in [7, 11) is 0. The van der Waals surface area contributed by atoms with E-state index in [0.717, 1.165) is 58.1 Å². The Morgan fingerprint density at radius 3 is 0.965 bits per heavy atom. The highest BCUT2D eigenvalue weighted by Crippen LogP contribution is 2.21. The third-order valence-electron chi connectivity index (χ3n) is 14.2. The zero-order valence-corrected chi connectivity index (χ0v) is 77.1. The van der Waals surface area contributed by atoms with Gasteiger partial charge in [0.05, 0.1) is 65.9 Å². The molecule has 4 unspecified atom stereocenters. The van der Waals surface area contributed by atoms with Gasteiger partial charge >= 0.3 is 0 Å². The van der Waals surface area contributed by atoms with E-state index in [1.807, 2.05) is 118 Å². The zero-order valence-electron chi connectivity index (χ0n) is 77.1. The van der Waals surface area contributed by atoms with E-state index in [-0.39, 0.29) is 117 Å². The normalized spacial score (nSPS) is 13.9. The quantitative estimate of drug-likeness (QED) is 0.0211. The van der Waals surface area contributed by atoms with Crippen molar-refractivity contribution in [2.45, 2.75) is 364 Å². The third-order valence-corrected chi connectivity index (χ3v) is 14.2. The van der Waals surface area contributed by atoms with Gasteiger partial charge in [0.15, 0.2) is 0 Å². The molecular weight excluding hydrogens is 1530 g/mol. The van der Waals surface area contributed by atoms with E-state index in [0.29, 0.717) is 65.8 Å². The molecular formula is C83H172F14N8O10. The minimum Gasteiger partial charge on any atom is -0.379 e. The van der Waals surface area contributed by atoms with Crippen LogP contribution in [-0.2, 0) is 47.4 Å². The molecule has 0 aromatic carbocycles. The van der Waals surface area contributed by atoms with E-state index in [4.69, 9.17) is 33.2 Å². The van der Waals surface area contributed by atoms with Crippen molar-refractivity contribution in [1.29, 1.82) is 0 Å². The van der Waals surface area contributed by atoms with Gasteiger partial charge in [0, 0.05) is 124 Å². The van der Waals surface area contributed by atoms with Gasteiger partial charge in [-0.3, -0.25) is 4.79 Å². The van der Waals surface area contributed by atoms with Crippen LogP contribution in [0.1, 0.15) is 271 Å². The molecule has 0 aromatic rings. The van der Waals surface area contributed by atoms with Crippen LogP contribution in [0.5, 0.6) is 0 Å². The lowest BCUT2D eigenvalue weighted by Crippen LogP contribution is -2.45. The van der Waals surface area contributed by atoms with E-state index >= 15 is 0 Å². The Hall–Kier alpha value is -2.15. The van der Waals surface area contributed by atoms with Crippen molar-refractivity contribution in [3.05, 3.63) is 0 Å². The van der Waals surface area contributed by atoms with Crippen LogP contribution < -0.4 is 42.5 Å². The van der Waals surface area contributed by atoms with Crippen molar-refractivity contribution in [2.24, 2.45) is 0 Å². The van der Waals surface area contributed by atoms with Gasteiger partial charge in [-0.1, -0.05) is 61.3 Å². The molecule has 0 aromatic heterocycles. The number of amides is 1. The summed E-state index contributed by atoms with van der Waals surface area (Å²) >= 11 is 0. The number of halogens is 14. The number of hydrogen-bond donors (Lipinski definition) is 8. The molecule has 0 rings (SSSR count). The molecule has 0 radical (unpaired) electrons. The summed E-state index contributed by atoms with van der Waals surface area (Å²) in [5.74, 6) is -14.7. The maximum atomic E-state index is 13.4. The van der Waals surface area contributed by atoms with Crippen LogP contribution in [0.15, 0.2) is 0 Å². The van der Waals surface area contributed by atoms with Crippen molar-refractivity contribution in [3.8, 4) is 0 Å². The fourth-order valence-corrected chi connectivity index (χ4v) is 7.48. The molecule has 1 amide bonds. The first kappa shape index (κ1) is 126. The number of alkyl halides is 14. The number of unbranched alkanes of at least 4 members (excludes halogenated alkanes) is 2. The predicted molar refractivity (Wildman–Crippen MR) is 444 cm³/mol. The third kappa shape index (κ3) is 118. The van der Waals surface area contributed by atoms with E-state index < -0.39 is 106 Å². The van der Waals surface area contributed by atoms with Crippen molar-refractivity contribution in [3.63, 3.8) is 0 Å². The van der Waals surface area contributed by atoms with Gasteiger partial charge in [-0.15, -0.1) is 0 Å². The van der Waals surface area contributed by atoms with Crippen LogP contribution in [0.4, 0.5) is 61.5 Å². The number of rotatable bonds is 57. The monoisotopic (exact) mass is 1710 g/mol.